The van der Waals surface area contributed by atoms with Crippen molar-refractivity contribution < 1.29 is 4.79 Å². The van der Waals surface area contributed by atoms with Crippen LogP contribution in [0.3, 0.4) is 0 Å². The number of hydrogen-bond acceptors (Lipinski definition) is 2. The number of H-pyrrole nitrogens is 1. The van der Waals surface area contributed by atoms with Crippen LogP contribution in [0.25, 0.3) is 10.9 Å². The van der Waals surface area contributed by atoms with Crippen LogP contribution in [0.2, 0.25) is 0 Å². The maximum absolute atomic E-state index is 12.7. The van der Waals surface area contributed by atoms with Gasteiger partial charge in [0, 0.05) is 35.5 Å². The number of aryl methyl sites for hydroxylation is 2. The van der Waals surface area contributed by atoms with E-state index in [1.54, 1.807) is 6.20 Å². The van der Waals surface area contributed by atoms with Crippen molar-refractivity contribution in [3.63, 3.8) is 0 Å². The first-order valence-corrected chi connectivity index (χ1v) is 8.58. The van der Waals surface area contributed by atoms with Gasteiger partial charge < -0.3 is 10.3 Å². The van der Waals surface area contributed by atoms with Crippen molar-refractivity contribution in [3.05, 3.63) is 53.5 Å². The Bertz CT molecular complexity index is 863. The highest BCUT2D eigenvalue weighted by Crippen LogP contribution is 2.36. The first-order valence-electron chi connectivity index (χ1n) is 8.58. The quantitative estimate of drug-likeness (QED) is 0.776. The first-order chi connectivity index (χ1) is 11.7. The fourth-order valence-electron chi connectivity index (χ4n) is 3.69. The molecule has 1 atom stereocenters. The number of nitrogens with one attached hydrogen (secondary N) is 2. The number of benzene rings is 1. The summed E-state index contributed by atoms with van der Waals surface area (Å²) in [6.45, 7) is 3.41. The zero-order valence-corrected chi connectivity index (χ0v) is 13.9. The number of nitrogens with zero attached hydrogens (tertiary/aromatic N) is 2. The number of fused-ring (bicyclic) bond motifs is 3. The molecule has 2 heterocycles. The van der Waals surface area contributed by atoms with E-state index in [4.69, 9.17) is 0 Å². The van der Waals surface area contributed by atoms with Crippen LogP contribution in [0.15, 0.2) is 36.7 Å². The maximum atomic E-state index is 12.7. The minimum atomic E-state index is -0.0703. The van der Waals surface area contributed by atoms with Crippen LogP contribution < -0.4 is 5.32 Å². The number of aromatic amines is 1. The van der Waals surface area contributed by atoms with Gasteiger partial charge in [0.1, 0.15) is 0 Å². The van der Waals surface area contributed by atoms with E-state index < -0.39 is 0 Å². The lowest BCUT2D eigenvalue weighted by molar-refractivity contribution is -0.123. The summed E-state index contributed by atoms with van der Waals surface area (Å²) in [4.78, 5) is 16.2. The first kappa shape index (κ1) is 15.0. The van der Waals surface area contributed by atoms with E-state index in [0.717, 1.165) is 30.5 Å². The van der Waals surface area contributed by atoms with Gasteiger partial charge in [-0.3, -0.25) is 9.48 Å². The van der Waals surface area contributed by atoms with Gasteiger partial charge in [0.2, 0.25) is 5.91 Å². The van der Waals surface area contributed by atoms with Crippen LogP contribution in [0, 0.1) is 6.92 Å². The van der Waals surface area contributed by atoms with Crippen LogP contribution in [0.5, 0.6) is 0 Å². The van der Waals surface area contributed by atoms with Crippen molar-refractivity contribution in [2.75, 3.05) is 6.54 Å². The molecule has 5 nitrogen and oxygen atoms in total. The molecule has 5 heteroatoms. The Labute approximate surface area is 141 Å². The van der Waals surface area contributed by atoms with Crippen LogP contribution >= 0.6 is 0 Å². The molecule has 0 unspecified atom stereocenters. The average Bonchev–Trinajstić information content (AvgIpc) is 3.21. The van der Waals surface area contributed by atoms with Gasteiger partial charge in [-0.2, -0.15) is 5.10 Å². The fraction of sp³-hybridized carbons (Fsp3) is 0.368. The minimum absolute atomic E-state index is 0.0703. The minimum Gasteiger partial charge on any atom is -0.357 e. The zero-order chi connectivity index (χ0) is 16.5. The molecular weight excluding hydrogens is 300 g/mol. The molecule has 124 valence electrons. The lowest BCUT2D eigenvalue weighted by Crippen LogP contribution is -2.33. The lowest BCUT2D eigenvalue weighted by Gasteiger charge is -2.22. The number of hydrogen-bond donors (Lipinski definition) is 2. The molecule has 2 N–H and O–H groups in total. The summed E-state index contributed by atoms with van der Waals surface area (Å²) in [6, 6.07) is 8.35. The maximum Gasteiger partial charge on any atom is 0.229 e. The van der Waals surface area contributed by atoms with Gasteiger partial charge in [0.15, 0.2) is 0 Å². The molecule has 0 fully saturated rings. The summed E-state index contributed by atoms with van der Waals surface area (Å²) in [6.07, 6.45) is 6.68. The normalized spacial score (nSPS) is 17.0. The zero-order valence-electron chi connectivity index (χ0n) is 13.9. The van der Waals surface area contributed by atoms with E-state index in [1.807, 2.05) is 16.9 Å². The lowest BCUT2D eigenvalue weighted by atomic mass is 9.86. The average molecular weight is 322 g/mol. The second kappa shape index (κ2) is 6.15. The van der Waals surface area contributed by atoms with E-state index in [2.05, 4.69) is 40.5 Å². The number of carbonyl (C=O) groups is 1. The van der Waals surface area contributed by atoms with Crippen LogP contribution in [0.4, 0.5) is 0 Å². The molecule has 0 bridgehead atoms. The predicted octanol–water partition coefficient (Wildman–Crippen LogP) is 2.91. The van der Waals surface area contributed by atoms with Gasteiger partial charge in [-0.05, 0) is 49.9 Å². The van der Waals surface area contributed by atoms with Crippen molar-refractivity contribution in [2.24, 2.45) is 0 Å². The molecule has 24 heavy (non-hydrogen) atoms. The third kappa shape index (κ3) is 2.70. The molecule has 1 amide bonds. The molecule has 0 saturated carbocycles. The molecule has 0 spiro atoms. The smallest absolute Gasteiger partial charge is 0.229 e. The molecule has 0 radical (unpaired) electrons. The van der Waals surface area contributed by atoms with Gasteiger partial charge in [0.25, 0.3) is 0 Å². The highest BCUT2D eigenvalue weighted by molar-refractivity contribution is 5.90. The van der Waals surface area contributed by atoms with E-state index in [1.165, 1.54) is 16.5 Å². The van der Waals surface area contributed by atoms with Crippen LogP contribution in [-0.4, -0.2) is 27.2 Å². The molecule has 4 rings (SSSR count). The van der Waals surface area contributed by atoms with Gasteiger partial charge in [-0.25, -0.2) is 0 Å². The van der Waals surface area contributed by atoms with E-state index >= 15 is 0 Å². The van der Waals surface area contributed by atoms with Gasteiger partial charge in [-0.15, -0.1) is 0 Å². The third-order valence-electron chi connectivity index (χ3n) is 4.88. The van der Waals surface area contributed by atoms with Crippen LogP contribution in [0.1, 0.15) is 35.6 Å². The Kier molecular flexibility index (Phi) is 3.84. The summed E-state index contributed by atoms with van der Waals surface area (Å²) in [5.74, 6) is 0.0467. The Hall–Kier alpha value is -2.56. The fourth-order valence-corrected chi connectivity index (χ4v) is 3.69. The number of amides is 1. The molecule has 2 aromatic heterocycles. The highest BCUT2D eigenvalue weighted by Gasteiger charge is 2.29. The largest absolute Gasteiger partial charge is 0.357 e. The molecule has 1 aliphatic carbocycles. The highest BCUT2D eigenvalue weighted by atomic mass is 16.1. The molecule has 1 aliphatic rings. The summed E-state index contributed by atoms with van der Waals surface area (Å²) >= 11 is 0. The van der Waals surface area contributed by atoms with Gasteiger partial charge in [0.05, 0.1) is 12.5 Å². The van der Waals surface area contributed by atoms with Crippen molar-refractivity contribution in [3.8, 4) is 0 Å². The Balaban J connectivity index is 1.52. The summed E-state index contributed by atoms with van der Waals surface area (Å²) in [5.41, 5.74) is 4.84. The Morgan fingerprint density at radius 1 is 1.46 bits per heavy atom. The monoisotopic (exact) mass is 322 g/mol. The topological polar surface area (TPSA) is 62.7 Å². The summed E-state index contributed by atoms with van der Waals surface area (Å²) < 4.78 is 1.83. The van der Waals surface area contributed by atoms with Crippen molar-refractivity contribution in [1.82, 2.24) is 20.1 Å². The second-order valence-corrected chi connectivity index (χ2v) is 6.57. The molecule has 0 aliphatic heterocycles. The van der Waals surface area contributed by atoms with Crippen molar-refractivity contribution in [1.29, 1.82) is 0 Å². The van der Waals surface area contributed by atoms with E-state index in [9.17, 15) is 4.79 Å². The van der Waals surface area contributed by atoms with Crippen LogP contribution in [-0.2, 0) is 17.8 Å². The SMILES string of the molecule is Cc1ccc2[nH]c3c(c2c1)CCC[C@@H]3C(=O)NCCn1cccn1. The number of rotatable bonds is 4. The molecule has 0 saturated heterocycles. The number of aromatic nitrogens is 3. The predicted molar refractivity (Wildman–Crippen MR) is 94.0 cm³/mol. The van der Waals surface area contributed by atoms with E-state index in [0.29, 0.717) is 13.1 Å². The molecular formula is C19H22N4O. The Morgan fingerprint density at radius 3 is 3.21 bits per heavy atom. The standard InChI is InChI=1S/C19H22N4O/c1-13-6-7-17-16(12-13)14-4-2-5-15(18(14)22-17)19(24)20-9-11-23-10-3-8-21-23/h3,6-8,10,12,15,22H,2,4-5,9,11H2,1H3,(H,20,24)/t15-/m0/s1. The summed E-state index contributed by atoms with van der Waals surface area (Å²) in [5, 5.41) is 8.50. The van der Waals surface area contributed by atoms with Gasteiger partial charge >= 0.3 is 0 Å². The van der Waals surface area contributed by atoms with E-state index in [-0.39, 0.29) is 11.8 Å². The van der Waals surface area contributed by atoms with Crippen molar-refractivity contribution in [2.45, 2.75) is 38.6 Å². The third-order valence-corrected chi connectivity index (χ3v) is 4.88. The van der Waals surface area contributed by atoms with Crippen molar-refractivity contribution >= 4 is 16.8 Å². The summed E-state index contributed by atoms with van der Waals surface area (Å²) in [7, 11) is 0. The molecule has 1 aromatic carbocycles. The molecule has 3 aromatic rings. The number of carbonyl (C=O) groups excluding carboxylic acids is 1. The Morgan fingerprint density at radius 2 is 2.38 bits per heavy atom. The van der Waals surface area contributed by atoms with Gasteiger partial charge in [-0.1, -0.05) is 11.6 Å². The second-order valence-electron chi connectivity index (χ2n) is 6.57.